The molecular weight excluding hydrogens is 442 g/mol. The van der Waals surface area contributed by atoms with Crippen molar-refractivity contribution in [2.45, 2.75) is 50.9 Å². The van der Waals surface area contributed by atoms with Gasteiger partial charge in [-0.2, -0.15) is 14.1 Å². The Hall–Kier alpha value is -2.59. The van der Waals surface area contributed by atoms with Gasteiger partial charge in [0.15, 0.2) is 0 Å². The Morgan fingerprint density at radius 3 is 2.36 bits per heavy atom. The first kappa shape index (κ1) is 23.6. The second-order valence-corrected chi connectivity index (χ2v) is 11.3. The van der Waals surface area contributed by atoms with Gasteiger partial charge in [-0.05, 0) is 51.7 Å². The topological polar surface area (TPSA) is 96.8 Å². The highest BCUT2D eigenvalue weighted by atomic mass is 32.2. The van der Waals surface area contributed by atoms with Crippen molar-refractivity contribution >= 4 is 21.4 Å². The van der Waals surface area contributed by atoms with E-state index in [4.69, 9.17) is 4.74 Å². The molecule has 0 atom stereocenters. The van der Waals surface area contributed by atoms with Crippen LogP contribution in [-0.2, 0) is 10.0 Å². The summed E-state index contributed by atoms with van der Waals surface area (Å²) >= 11 is 0. The summed E-state index contributed by atoms with van der Waals surface area (Å²) in [7, 11) is -1.50. The molecule has 2 aliphatic rings. The van der Waals surface area contributed by atoms with Gasteiger partial charge in [-0.15, -0.1) is 0 Å². The number of anilines is 2. The molecule has 10 heteroatoms. The van der Waals surface area contributed by atoms with Gasteiger partial charge >= 0.3 is 5.56 Å². The summed E-state index contributed by atoms with van der Waals surface area (Å²) in [5, 5.41) is 7.13. The van der Waals surface area contributed by atoms with Crippen molar-refractivity contribution in [1.82, 2.24) is 14.1 Å². The van der Waals surface area contributed by atoms with Crippen molar-refractivity contribution in [2.24, 2.45) is 0 Å². The second kappa shape index (κ2) is 9.72. The summed E-state index contributed by atoms with van der Waals surface area (Å²) in [5.41, 5.74) is 1.77. The van der Waals surface area contributed by atoms with Gasteiger partial charge in [0.2, 0.25) is 15.8 Å². The molecule has 1 aromatic heterocycles. The van der Waals surface area contributed by atoms with Crippen LogP contribution in [0.2, 0.25) is 0 Å². The number of para-hydroxylation sites is 2. The van der Waals surface area contributed by atoms with Crippen molar-refractivity contribution in [1.29, 1.82) is 0 Å². The Labute approximate surface area is 195 Å². The number of piperazine rings is 1. The molecule has 1 aliphatic heterocycles. The normalized spacial score (nSPS) is 18.1. The van der Waals surface area contributed by atoms with E-state index >= 15 is 0 Å². The van der Waals surface area contributed by atoms with Gasteiger partial charge in [0.05, 0.1) is 28.9 Å². The van der Waals surface area contributed by atoms with E-state index < -0.39 is 15.3 Å². The van der Waals surface area contributed by atoms with E-state index in [1.54, 1.807) is 27.1 Å². The summed E-state index contributed by atoms with van der Waals surface area (Å²) < 4.78 is 34.3. The Bertz CT molecular complexity index is 1130. The molecule has 9 nitrogen and oxygen atoms in total. The van der Waals surface area contributed by atoms with Crippen molar-refractivity contribution in [2.75, 3.05) is 43.4 Å². The molecule has 1 aliphatic carbocycles. The third kappa shape index (κ3) is 4.72. The number of benzene rings is 1. The Morgan fingerprint density at radius 1 is 1.06 bits per heavy atom. The molecule has 0 bridgehead atoms. The molecule has 0 amide bonds. The van der Waals surface area contributed by atoms with Crippen molar-refractivity contribution < 1.29 is 13.2 Å². The van der Waals surface area contributed by atoms with Crippen molar-refractivity contribution in [3.8, 4) is 11.4 Å². The first-order valence-electron chi connectivity index (χ1n) is 11.6. The van der Waals surface area contributed by atoms with Crippen LogP contribution in [0.1, 0.15) is 39.5 Å². The quantitative estimate of drug-likeness (QED) is 0.657. The number of nitrogens with one attached hydrogen (secondary N) is 1. The monoisotopic (exact) mass is 475 g/mol. The minimum Gasteiger partial charge on any atom is -0.483 e. The van der Waals surface area contributed by atoms with Gasteiger partial charge in [0.25, 0.3) is 0 Å². The van der Waals surface area contributed by atoms with Crippen LogP contribution in [0.25, 0.3) is 5.69 Å². The Balaban J connectivity index is 1.68. The van der Waals surface area contributed by atoms with E-state index in [0.717, 1.165) is 31.4 Å². The SMILES string of the molecule is CNc1ccccc1-n1ncc(N2CCN(S(=O)(=O)C(C)C)CC2)c(OC2CCCC2)c1=O. The van der Waals surface area contributed by atoms with Crippen molar-refractivity contribution in [3.63, 3.8) is 0 Å². The smallest absolute Gasteiger partial charge is 0.316 e. The number of hydrogen-bond donors (Lipinski definition) is 1. The molecule has 2 heterocycles. The predicted octanol–water partition coefficient (Wildman–Crippen LogP) is 2.46. The lowest BCUT2D eigenvalue weighted by Gasteiger charge is -2.36. The highest BCUT2D eigenvalue weighted by Gasteiger charge is 2.32. The first-order valence-corrected chi connectivity index (χ1v) is 13.1. The number of rotatable bonds is 7. The molecule has 1 saturated carbocycles. The van der Waals surface area contributed by atoms with E-state index in [9.17, 15) is 13.2 Å². The maximum atomic E-state index is 13.6. The lowest BCUT2D eigenvalue weighted by atomic mass is 10.2. The molecule has 1 saturated heterocycles. The van der Waals surface area contributed by atoms with Gasteiger partial charge in [0.1, 0.15) is 5.69 Å². The summed E-state index contributed by atoms with van der Waals surface area (Å²) in [6.45, 7) is 5.09. The van der Waals surface area contributed by atoms with Gasteiger partial charge in [-0.1, -0.05) is 12.1 Å². The van der Waals surface area contributed by atoms with Crippen LogP contribution in [0.15, 0.2) is 35.3 Å². The molecule has 180 valence electrons. The van der Waals surface area contributed by atoms with E-state index in [-0.39, 0.29) is 11.7 Å². The van der Waals surface area contributed by atoms with Gasteiger partial charge < -0.3 is 15.0 Å². The van der Waals surface area contributed by atoms with Crippen molar-refractivity contribution in [3.05, 3.63) is 40.8 Å². The summed E-state index contributed by atoms with van der Waals surface area (Å²) in [6.07, 6.45) is 5.71. The fourth-order valence-electron chi connectivity index (χ4n) is 4.46. The Kier molecular flexibility index (Phi) is 6.94. The number of aromatic nitrogens is 2. The van der Waals surface area contributed by atoms with Crippen LogP contribution < -0.4 is 20.5 Å². The summed E-state index contributed by atoms with van der Waals surface area (Å²) in [6, 6.07) is 7.50. The third-order valence-corrected chi connectivity index (χ3v) is 8.71. The molecule has 1 N–H and O–H groups in total. The number of hydrogen-bond acceptors (Lipinski definition) is 7. The van der Waals surface area contributed by atoms with Gasteiger partial charge in [-0.25, -0.2) is 8.42 Å². The zero-order valence-corrected chi connectivity index (χ0v) is 20.3. The standard InChI is InChI=1S/C23H33N5O4S/c1-17(2)33(30,31)27-14-12-26(13-15-27)21-16-25-28(20-11-7-6-10-19(20)24-3)23(29)22(21)32-18-8-4-5-9-18/h6-7,10-11,16-18,24H,4-5,8-9,12-15H2,1-3H3. The molecule has 0 radical (unpaired) electrons. The molecular formula is C23H33N5O4S. The molecule has 0 spiro atoms. The molecule has 33 heavy (non-hydrogen) atoms. The van der Waals surface area contributed by atoms with Crippen LogP contribution in [0, 0.1) is 0 Å². The Morgan fingerprint density at radius 2 is 1.73 bits per heavy atom. The van der Waals surface area contributed by atoms with E-state index in [1.807, 2.05) is 29.2 Å². The molecule has 4 rings (SSSR count). The first-order chi connectivity index (χ1) is 15.8. The summed E-state index contributed by atoms with van der Waals surface area (Å²) in [4.78, 5) is 15.6. The average molecular weight is 476 g/mol. The summed E-state index contributed by atoms with van der Waals surface area (Å²) in [5.74, 6) is 0.294. The number of sulfonamides is 1. The van der Waals surface area contributed by atoms with E-state index in [0.29, 0.717) is 43.3 Å². The fourth-order valence-corrected chi connectivity index (χ4v) is 5.73. The highest BCUT2D eigenvalue weighted by molar-refractivity contribution is 7.89. The minimum atomic E-state index is -3.31. The molecule has 1 aromatic carbocycles. The lowest BCUT2D eigenvalue weighted by Crippen LogP contribution is -2.50. The van der Waals surface area contributed by atoms with Gasteiger partial charge in [-0.3, -0.25) is 4.79 Å². The third-order valence-electron chi connectivity index (χ3n) is 6.44. The second-order valence-electron chi connectivity index (χ2n) is 8.85. The van der Waals surface area contributed by atoms with Crippen LogP contribution in [0.5, 0.6) is 5.75 Å². The fraction of sp³-hybridized carbons (Fsp3) is 0.565. The molecule has 0 unspecified atom stereocenters. The highest BCUT2D eigenvalue weighted by Crippen LogP contribution is 2.31. The van der Waals surface area contributed by atoms with Crippen LogP contribution in [0.4, 0.5) is 11.4 Å². The number of ether oxygens (including phenoxy) is 1. The van der Waals surface area contributed by atoms with Crippen LogP contribution >= 0.6 is 0 Å². The van der Waals surface area contributed by atoms with Crippen LogP contribution in [-0.4, -0.2) is 67.1 Å². The molecule has 2 aromatic rings. The zero-order chi connectivity index (χ0) is 23.6. The average Bonchev–Trinajstić information content (AvgIpc) is 3.33. The molecule has 2 fully saturated rings. The van der Waals surface area contributed by atoms with E-state index in [1.165, 1.54) is 8.99 Å². The predicted molar refractivity (Wildman–Crippen MR) is 130 cm³/mol. The maximum absolute atomic E-state index is 13.6. The van der Waals surface area contributed by atoms with E-state index in [2.05, 4.69) is 10.4 Å². The largest absolute Gasteiger partial charge is 0.483 e. The number of nitrogens with zero attached hydrogens (tertiary/aromatic N) is 4. The zero-order valence-electron chi connectivity index (χ0n) is 19.5. The minimum absolute atomic E-state index is 0.00875. The lowest BCUT2D eigenvalue weighted by molar-refractivity contribution is 0.205. The van der Waals surface area contributed by atoms with Crippen LogP contribution in [0.3, 0.4) is 0 Å². The van der Waals surface area contributed by atoms with Gasteiger partial charge in [0, 0.05) is 33.2 Å². The maximum Gasteiger partial charge on any atom is 0.316 e.